The van der Waals surface area contributed by atoms with Crippen LogP contribution in [0.25, 0.3) is 10.9 Å². The van der Waals surface area contributed by atoms with E-state index in [2.05, 4.69) is 20.2 Å². The van der Waals surface area contributed by atoms with Gasteiger partial charge in [0.05, 0.1) is 12.1 Å². The quantitative estimate of drug-likeness (QED) is 0.297. The second-order valence-electron chi connectivity index (χ2n) is 8.25. The van der Waals surface area contributed by atoms with Gasteiger partial charge in [-0.2, -0.15) is 0 Å². The van der Waals surface area contributed by atoms with Crippen LogP contribution in [-0.2, 0) is 20.7 Å². The Balaban J connectivity index is 1.46. The van der Waals surface area contributed by atoms with Crippen LogP contribution in [-0.4, -0.2) is 60.5 Å². The summed E-state index contributed by atoms with van der Waals surface area (Å²) in [5, 5.41) is 4.25. The van der Waals surface area contributed by atoms with Gasteiger partial charge >= 0.3 is 5.97 Å². The number of anilines is 3. The molecule has 1 amide bonds. The molecule has 1 aromatic heterocycles. The summed E-state index contributed by atoms with van der Waals surface area (Å²) in [6.45, 7) is 1.90. The fourth-order valence-electron chi connectivity index (χ4n) is 3.84. The van der Waals surface area contributed by atoms with Crippen LogP contribution in [0.4, 0.5) is 17.2 Å². The first-order valence-electron chi connectivity index (χ1n) is 11.0. The predicted molar refractivity (Wildman–Crippen MR) is 134 cm³/mol. The number of amides is 1. The number of hydrogen-bond donors (Lipinski definition) is 1. The van der Waals surface area contributed by atoms with Gasteiger partial charge in [-0.1, -0.05) is 17.7 Å². The molecule has 4 rings (SSSR count). The molecular formula is C25H26ClN5O3. The first-order chi connectivity index (χ1) is 16.4. The molecule has 3 aromatic rings. The van der Waals surface area contributed by atoms with E-state index in [1.807, 2.05) is 49.3 Å². The summed E-state index contributed by atoms with van der Waals surface area (Å²) < 4.78 is 5.10. The number of aromatic nitrogens is 2. The summed E-state index contributed by atoms with van der Waals surface area (Å²) in [6, 6.07) is 11.3. The lowest BCUT2D eigenvalue weighted by Crippen LogP contribution is -2.16. The van der Waals surface area contributed by atoms with Crippen LogP contribution in [0.3, 0.4) is 0 Å². The van der Waals surface area contributed by atoms with E-state index < -0.39 is 11.9 Å². The molecule has 8 nitrogen and oxygen atoms in total. The van der Waals surface area contributed by atoms with Gasteiger partial charge in [0.2, 0.25) is 5.91 Å². The number of rotatable bonds is 8. The highest BCUT2D eigenvalue weighted by Gasteiger charge is 2.23. The van der Waals surface area contributed by atoms with Gasteiger partial charge < -0.3 is 19.9 Å². The van der Waals surface area contributed by atoms with Crippen molar-refractivity contribution in [1.29, 1.82) is 0 Å². The smallest absolute Gasteiger partial charge is 0.330 e. The Morgan fingerprint density at radius 1 is 1.18 bits per heavy atom. The Hall–Kier alpha value is -3.49. The molecule has 0 radical (unpaired) electrons. The number of ether oxygens (including phenoxy) is 1. The Labute approximate surface area is 203 Å². The minimum atomic E-state index is -0.547. The van der Waals surface area contributed by atoms with E-state index in [1.54, 1.807) is 6.07 Å². The lowest BCUT2D eigenvalue weighted by atomic mass is 10.1. The van der Waals surface area contributed by atoms with Gasteiger partial charge in [-0.25, -0.2) is 14.8 Å². The Kier molecular flexibility index (Phi) is 7.40. The van der Waals surface area contributed by atoms with Crippen molar-refractivity contribution in [3.05, 3.63) is 65.5 Å². The molecule has 0 fully saturated rings. The highest BCUT2D eigenvalue weighted by molar-refractivity contribution is 6.31. The number of halogens is 1. The van der Waals surface area contributed by atoms with E-state index in [0.29, 0.717) is 17.3 Å². The molecule has 0 saturated heterocycles. The molecule has 1 aliphatic heterocycles. The number of benzene rings is 2. The number of esters is 1. The largest absolute Gasteiger partial charge is 0.462 e. The topological polar surface area (TPSA) is 87.7 Å². The molecule has 1 aliphatic rings. The molecule has 9 heteroatoms. The van der Waals surface area contributed by atoms with Crippen LogP contribution in [0.15, 0.2) is 54.9 Å². The van der Waals surface area contributed by atoms with Crippen LogP contribution in [0.5, 0.6) is 0 Å². The molecule has 2 aromatic carbocycles. The van der Waals surface area contributed by atoms with Crippen LogP contribution >= 0.6 is 11.6 Å². The van der Waals surface area contributed by atoms with E-state index in [4.69, 9.17) is 16.3 Å². The zero-order valence-electron chi connectivity index (χ0n) is 19.1. The lowest BCUT2D eigenvalue weighted by Gasteiger charge is -2.20. The molecule has 0 atom stereocenters. The number of carbonyl (C=O) groups is 2. The van der Waals surface area contributed by atoms with Crippen molar-refractivity contribution in [2.45, 2.75) is 12.8 Å². The number of fused-ring (bicyclic) bond motifs is 2. The molecule has 0 saturated carbocycles. The van der Waals surface area contributed by atoms with Crippen molar-refractivity contribution >= 4 is 51.6 Å². The third-order valence-corrected chi connectivity index (χ3v) is 5.68. The summed E-state index contributed by atoms with van der Waals surface area (Å²) >= 11 is 6.23. The fourth-order valence-corrected chi connectivity index (χ4v) is 4.00. The van der Waals surface area contributed by atoms with E-state index in [0.717, 1.165) is 54.4 Å². The number of hydrogen-bond acceptors (Lipinski definition) is 7. The fraction of sp³-hybridized carbons (Fsp3) is 0.280. The van der Waals surface area contributed by atoms with E-state index in [1.165, 1.54) is 18.0 Å². The van der Waals surface area contributed by atoms with E-state index >= 15 is 0 Å². The predicted octanol–water partition coefficient (Wildman–Crippen LogP) is 3.97. The Morgan fingerprint density at radius 2 is 2.03 bits per heavy atom. The van der Waals surface area contributed by atoms with Crippen molar-refractivity contribution in [3.8, 4) is 0 Å². The van der Waals surface area contributed by atoms with Crippen LogP contribution in [0.2, 0.25) is 5.02 Å². The zero-order chi connectivity index (χ0) is 24.1. The van der Waals surface area contributed by atoms with Gasteiger partial charge in [0.1, 0.15) is 12.1 Å². The maximum absolute atomic E-state index is 12.3. The molecule has 0 bridgehead atoms. The summed E-state index contributed by atoms with van der Waals surface area (Å²) in [7, 11) is 3.90. The van der Waals surface area contributed by atoms with Gasteiger partial charge in [-0.15, -0.1) is 0 Å². The molecule has 34 heavy (non-hydrogen) atoms. The molecule has 0 unspecified atom stereocenters. The van der Waals surface area contributed by atoms with Crippen molar-refractivity contribution in [3.63, 3.8) is 0 Å². The standard InChI is InChI=1S/C25H26ClN5O3/c1-30(2)11-3-13-34-24(33)9-8-23(32)29-19-6-7-21-20(15-19)25(28-16-27-21)31-12-10-17-4-5-18(26)14-22(17)31/h4-9,14-16H,3,10-13H2,1-2H3,(H,29,32)/b9-8+. The third kappa shape index (κ3) is 5.70. The second kappa shape index (κ2) is 10.6. The third-order valence-electron chi connectivity index (χ3n) is 5.45. The summed E-state index contributed by atoms with van der Waals surface area (Å²) in [4.78, 5) is 37.2. The van der Waals surface area contributed by atoms with E-state index in [-0.39, 0.29) is 0 Å². The van der Waals surface area contributed by atoms with Crippen LogP contribution in [0.1, 0.15) is 12.0 Å². The Morgan fingerprint density at radius 3 is 2.85 bits per heavy atom. The van der Waals surface area contributed by atoms with Gasteiger partial charge in [0.25, 0.3) is 0 Å². The van der Waals surface area contributed by atoms with Gasteiger partial charge in [-0.05, 0) is 62.8 Å². The molecule has 1 N–H and O–H groups in total. The molecule has 0 aliphatic carbocycles. The van der Waals surface area contributed by atoms with Crippen molar-refractivity contribution in [1.82, 2.24) is 14.9 Å². The molecule has 2 heterocycles. The monoisotopic (exact) mass is 479 g/mol. The highest BCUT2D eigenvalue weighted by atomic mass is 35.5. The first kappa shape index (κ1) is 23.7. The normalized spacial score (nSPS) is 13.0. The Bertz CT molecular complexity index is 1240. The van der Waals surface area contributed by atoms with E-state index in [9.17, 15) is 9.59 Å². The maximum Gasteiger partial charge on any atom is 0.330 e. The molecule has 0 spiro atoms. The number of nitrogens with zero attached hydrogens (tertiary/aromatic N) is 4. The number of nitrogens with one attached hydrogen (secondary N) is 1. The highest BCUT2D eigenvalue weighted by Crippen LogP contribution is 2.38. The first-order valence-corrected chi connectivity index (χ1v) is 11.4. The maximum atomic E-state index is 12.3. The minimum Gasteiger partial charge on any atom is -0.462 e. The van der Waals surface area contributed by atoms with Gasteiger partial charge in [0, 0.05) is 47.0 Å². The van der Waals surface area contributed by atoms with Crippen LogP contribution < -0.4 is 10.2 Å². The molecule has 176 valence electrons. The van der Waals surface area contributed by atoms with Crippen LogP contribution in [0, 0.1) is 0 Å². The molecular weight excluding hydrogens is 454 g/mol. The average Bonchev–Trinajstić information content (AvgIpc) is 3.23. The van der Waals surface area contributed by atoms with Crippen molar-refractivity contribution in [2.24, 2.45) is 0 Å². The zero-order valence-corrected chi connectivity index (χ0v) is 19.9. The summed E-state index contributed by atoms with van der Waals surface area (Å²) in [5.74, 6) is -0.227. The second-order valence-corrected chi connectivity index (χ2v) is 8.69. The van der Waals surface area contributed by atoms with Crippen molar-refractivity contribution in [2.75, 3.05) is 44.0 Å². The minimum absolute atomic E-state index is 0.307. The van der Waals surface area contributed by atoms with Gasteiger partial charge in [0.15, 0.2) is 0 Å². The SMILES string of the molecule is CN(C)CCCOC(=O)/C=C/C(=O)Nc1ccc2ncnc(N3CCc4ccc(Cl)cc43)c2c1. The van der Waals surface area contributed by atoms with Crippen molar-refractivity contribution < 1.29 is 14.3 Å². The summed E-state index contributed by atoms with van der Waals surface area (Å²) in [6.07, 6.45) is 5.45. The average molecular weight is 480 g/mol. The summed E-state index contributed by atoms with van der Waals surface area (Å²) in [5.41, 5.74) is 3.56. The number of carbonyl (C=O) groups excluding carboxylic acids is 2. The lowest BCUT2D eigenvalue weighted by molar-refractivity contribution is -0.138. The van der Waals surface area contributed by atoms with Gasteiger partial charge in [-0.3, -0.25) is 4.79 Å².